The van der Waals surface area contributed by atoms with Gasteiger partial charge in [-0.3, -0.25) is 10.2 Å². The summed E-state index contributed by atoms with van der Waals surface area (Å²) in [6.45, 7) is 0.541. The van der Waals surface area contributed by atoms with Crippen molar-refractivity contribution in [2.24, 2.45) is 5.84 Å². The highest BCUT2D eigenvalue weighted by molar-refractivity contribution is 5.77. The Balaban J connectivity index is 1.71. The fourth-order valence-corrected chi connectivity index (χ4v) is 1.36. The second-order valence-corrected chi connectivity index (χ2v) is 3.93. The SMILES string of the molecule is NNc1nccc(NCCC(=O)NC2CC2)n1. The van der Waals surface area contributed by atoms with Gasteiger partial charge in [-0.15, -0.1) is 0 Å². The molecule has 1 aliphatic rings. The van der Waals surface area contributed by atoms with E-state index in [9.17, 15) is 4.79 Å². The van der Waals surface area contributed by atoms with Crippen molar-refractivity contribution in [3.63, 3.8) is 0 Å². The number of nitrogens with one attached hydrogen (secondary N) is 3. The number of nitrogens with two attached hydrogens (primary N) is 1. The minimum Gasteiger partial charge on any atom is -0.369 e. The minimum absolute atomic E-state index is 0.0752. The lowest BCUT2D eigenvalue weighted by atomic mass is 10.4. The van der Waals surface area contributed by atoms with Crippen molar-refractivity contribution in [2.75, 3.05) is 17.3 Å². The molecule has 0 saturated heterocycles. The lowest BCUT2D eigenvalue weighted by molar-refractivity contribution is -0.120. The highest BCUT2D eigenvalue weighted by Crippen LogP contribution is 2.18. The maximum atomic E-state index is 11.4. The van der Waals surface area contributed by atoms with Gasteiger partial charge in [0.1, 0.15) is 5.82 Å². The lowest BCUT2D eigenvalue weighted by Crippen LogP contribution is -2.27. The predicted molar refractivity (Wildman–Crippen MR) is 64.1 cm³/mol. The maximum absolute atomic E-state index is 11.4. The van der Waals surface area contributed by atoms with Crippen LogP contribution in [0.15, 0.2) is 12.3 Å². The Hall–Kier alpha value is -1.89. The molecular formula is C10H16N6O. The summed E-state index contributed by atoms with van der Waals surface area (Å²) in [5, 5.41) is 5.96. The molecule has 0 unspecified atom stereocenters. The van der Waals surface area contributed by atoms with E-state index >= 15 is 0 Å². The normalized spacial score (nSPS) is 14.2. The molecule has 1 aliphatic carbocycles. The number of anilines is 2. The summed E-state index contributed by atoms with van der Waals surface area (Å²) in [6.07, 6.45) is 4.24. The molecule has 1 amide bonds. The average molecular weight is 236 g/mol. The van der Waals surface area contributed by atoms with Crippen LogP contribution in [0.5, 0.6) is 0 Å². The zero-order valence-electron chi connectivity index (χ0n) is 9.44. The fraction of sp³-hybridized carbons (Fsp3) is 0.500. The molecule has 0 aromatic carbocycles. The van der Waals surface area contributed by atoms with E-state index in [2.05, 4.69) is 26.0 Å². The first-order chi connectivity index (χ1) is 8.28. The Morgan fingerprint density at radius 2 is 2.35 bits per heavy atom. The minimum atomic E-state index is 0.0752. The van der Waals surface area contributed by atoms with Crippen LogP contribution in [0.3, 0.4) is 0 Å². The Labute approximate surface area is 99.2 Å². The Morgan fingerprint density at radius 3 is 3.06 bits per heavy atom. The van der Waals surface area contributed by atoms with Crippen LogP contribution < -0.4 is 21.9 Å². The highest BCUT2D eigenvalue weighted by atomic mass is 16.1. The van der Waals surface area contributed by atoms with Crippen LogP contribution in [0.25, 0.3) is 0 Å². The monoisotopic (exact) mass is 236 g/mol. The summed E-state index contributed by atoms with van der Waals surface area (Å²) in [4.78, 5) is 19.3. The van der Waals surface area contributed by atoms with Crippen molar-refractivity contribution in [1.82, 2.24) is 15.3 Å². The molecule has 7 heteroatoms. The van der Waals surface area contributed by atoms with Crippen molar-refractivity contribution in [1.29, 1.82) is 0 Å². The summed E-state index contributed by atoms with van der Waals surface area (Å²) in [5.41, 5.74) is 2.36. The van der Waals surface area contributed by atoms with Gasteiger partial charge >= 0.3 is 0 Å². The second kappa shape index (κ2) is 5.44. The average Bonchev–Trinajstić information content (AvgIpc) is 3.13. The van der Waals surface area contributed by atoms with E-state index in [1.807, 2.05) is 0 Å². The van der Waals surface area contributed by atoms with E-state index in [4.69, 9.17) is 5.84 Å². The molecule has 0 spiro atoms. The number of amides is 1. The van der Waals surface area contributed by atoms with Crippen LogP contribution in [0.4, 0.5) is 11.8 Å². The molecule has 1 fully saturated rings. The van der Waals surface area contributed by atoms with Gasteiger partial charge in [0.05, 0.1) is 0 Å². The van der Waals surface area contributed by atoms with Crippen molar-refractivity contribution in [3.05, 3.63) is 12.3 Å². The number of rotatable bonds is 6. The third-order valence-electron chi connectivity index (χ3n) is 2.39. The smallest absolute Gasteiger partial charge is 0.239 e. The summed E-state index contributed by atoms with van der Waals surface area (Å²) >= 11 is 0. The zero-order chi connectivity index (χ0) is 12.1. The fourth-order valence-electron chi connectivity index (χ4n) is 1.36. The first kappa shape index (κ1) is 11.6. The molecule has 5 N–H and O–H groups in total. The number of carbonyl (C=O) groups excluding carboxylic acids is 1. The lowest BCUT2D eigenvalue weighted by Gasteiger charge is -2.06. The molecule has 1 heterocycles. The van der Waals surface area contributed by atoms with Crippen LogP contribution in [-0.2, 0) is 4.79 Å². The predicted octanol–water partition coefficient (Wildman–Crippen LogP) is -0.157. The molecule has 0 aliphatic heterocycles. The molecule has 0 bridgehead atoms. The highest BCUT2D eigenvalue weighted by Gasteiger charge is 2.22. The standard InChI is InChI=1S/C10H16N6O/c11-16-10-13-5-3-8(15-10)12-6-4-9(17)14-7-1-2-7/h3,5,7H,1-2,4,6,11H2,(H,14,17)(H2,12,13,15,16). The maximum Gasteiger partial charge on any atom is 0.239 e. The van der Waals surface area contributed by atoms with Crippen LogP contribution in [0.1, 0.15) is 19.3 Å². The number of hydrogen-bond donors (Lipinski definition) is 4. The molecule has 7 nitrogen and oxygen atoms in total. The van der Waals surface area contributed by atoms with Gasteiger partial charge in [-0.05, 0) is 18.9 Å². The zero-order valence-corrected chi connectivity index (χ0v) is 9.44. The molecule has 17 heavy (non-hydrogen) atoms. The van der Waals surface area contributed by atoms with Gasteiger partial charge in [0.15, 0.2) is 0 Å². The van der Waals surface area contributed by atoms with Gasteiger partial charge in [-0.2, -0.15) is 4.98 Å². The molecular weight excluding hydrogens is 220 g/mol. The third-order valence-corrected chi connectivity index (χ3v) is 2.39. The molecule has 0 atom stereocenters. The van der Waals surface area contributed by atoms with E-state index in [-0.39, 0.29) is 5.91 Å². The van der Waals surface area contributed by atoms with Crippen molar-refractivity contribution >= 4 is 17.7 Å². The molecule has 1 aromatic rings. The Kier molecular flexibility index (Phi) is 3.71. The van der Waals surface area contributed by atoms with E-state index in [1.54, 1.807) is 12.3 Å². The van der Waals surface area contributed by atoms with Gasteiger partial charge in [0.25, 0.3) is 0 Å². The van der Waals surface area contributed by atoms with E-state index in [0.717, 1.165) is 12.8 Å². The van der Waals surface area contributed by atoms with Crippen molar-refractivity contribution in [2.45, 2.75) is 25.3 Å². The molecule has 1 saturated carbocycles. The largest absolute Gasteiger partial charge is 0.369 e. The number of nitrogen functional groups attached to an aromatic ring is 1. The van der Waals surface area contributed by atoms with Gasteiger partial charge in [0, 0.05) is 25.2 Å². The summed E-state index contributed by atoms with van der Waals surface area (Å²) < 4.78 is 0. The van der Waals surface area contributed by atoms with Crippen LogP contribution in [0.2, 0.25) is 0 Å². The van der Waals surface area contributed by atoms with E-state index in [0.29, 0.717) is 30.8 Å². The van der Waals surface area contributed by atoms with Gasteiger partial charge in [-0.1, -0.05) is 0 Å². The van der Waals surface area contributed by atoms with E-state index < -0.39 is 0 Å². The summed E-state index contributed by atoms with van der Waals surface area (Å²) in [7, 11) is 0. The molecule has 0 radical (unpaired) electrons. The van der Waals surface area contributed by atoms with Crippen LogP contribution >= 0.6 is 0 Å². The number of hydrogen-bond acceptors (Lipinski definition) is 6. The number of aromatic nitrogens is 2. The first-order valence-corrected chi connectivity index (χ1v) is 5.61. The third kappa shape index (κ3) is 3.87. The Bertz CT molecular complexity index is 392. The van der Waals surface area contributed by atoms with Crippen molar-refractivity contribution in [3.8, 4) is 0 Å². The van der Waals surface area contributed by atoms with Crippen LogP contribution in [-0.4, -0.2) is 28.5 Å². The Morgan fingerprint density at radius 1 is 1.53 bits per heavy atom. The molecule has 92 valence electrons. The summed E-state index contributed by atoms with van der Waals surface area (Å²) in [5.74, 6) is 6.26. The van der Waals surface area contributed by atoms with Gasteiger partial charge in [0.2, 0.25) is 11.9 Å². The van der Waals surface area contributed by atoms with Gasteiger partial charge in [-0.25, -0.2) is 10.8 Å². The van der Waals surface area contributed by atoms with Gasteiger partial charge < -0.3 is 10.6 Å². The van der Waals surface area contributed by atoms with Crippen LogP contribution in [0, 0.1) is 0 Å². The summed E-state index contributed by atoms with van der Waals surface area (Å²) in [6, 6.07) is 2.13. The number of hydrazine groups is 1. The molecule has 2 rings (SSSR count). The van der Waals surface area contributed by atoms with Crippen molar-refractivity contribution < 1.29 is 4.79 Å². The number of nitrogens with zero attached hydrogens (tertiary/aromatic N) is 2. The second-order valence-electron chi connectivity index (χ2n) is 3.93. The van der Waals surface area contributed by atoms with E-state index in [1.165, 1.54) is 0 Å². The quantitative estimate of drug-likeness (QED) is 0.404. The topological polar surface area (TPSA) is 105 Å². The molecule has 1 aromatic heterocycles. The number of carbonyl (C=O) groups is 1. The first-order valence-electron chi connectivity index (χ1n) is 5.61.